The van der Waals surface area contributed by atoms with Gasteiger partial charge in [0.25, 0.3) is 0 Å². The maximum atomic E-state index is 12.5. The van der Waals surface area contributed by atoms with Crippen molar-refractivity contribution in [3.63, 3.8) is 0 Å². The summed E-state index contributed by atoms with van der Waals surface area (Å²) < 4.78 is 28.6. The second-order valence-corrected chi connectivity index (χ2v) is 9.15. The van der Waals surface area contributed by atoms with Crippen molar-refractivity contribution in [2.75, 3.05) is 13.6 Å². The lowest BCUT2D eigenvalue weighted by molar-refractivity contribution is -0.121. The minimum atomic E-state index is -3.71. The Balaban J connectivity index is 1.59. The molecule has 0 bridgehead atoms. The summed E-state index contributed by atoms with van der Waals surface area (Å²) in [5.74, 6) is -0.389. The quantitative estimate of drug-likeness (QED) is 0.633. The van der Waals surface area contributed by atoms with Gasteiger partial charge in [-0.2, -0.15) is 4.31 Å². The summed E-state index contributed by atoms with van der Waals surface area (Å²) in [5, 5.41) is 4.61. The van der Waals surface area contributed by atoms with E-state index < -0.39 is 10.0 Å². The number of rotatable bonds is 6. The lowest BCUT2D eigenvalue weighted by Crippen LogP contribution is -2.38. The zero-order valence-electron chi connectivity index (χ0n) is 13.2. The Morgan fingerprint density at radius 1 is 1.36 bits per heavy atom. The normalized spacial score (nSPS) is 12.0. The van der Waals surface area contributed by atoms with Gasteiger partial charge in [0, 0.05) is 29.3 Å². The highest BCUT2D eigenvalue weighted by molar-refractivity contribution is 9.10. The van der Waals surface area contributed by atoms with E-state index in [1.54, 1.807) is 12.1 Å². The Hall–Kier alpha value is -1.75. The molecule has 0 fully saturated rings. The highest BCUT2D eigenvalue weighted by Crippen LogP contribution is 2.17. The number of carbonyl (C=O) groups is 1. The Morgan fingerprint density at radius 3 is 2.76 bits per heavy atom. The molecule has 1 N–H and O–H groups in total. The summed E-state index contributed by atoms with van der Waals surface area (Å²) >= 11 is 4.77. The maximum Gasteiger partial charge on any atom is 0.243 e. The van der Waals surface area contributed by atoms with E-state index in [2.05, 4.69) is 26.2 Å². The second kappa shape index (κ2) is 7.24. The van der Waals surface area contributed by atoms with Crippen LogP contribution in [0.3, 0.4) is 0 Å². The van der Waals surface area contributed by atoms with Crippen molar-refractivity contribution in [2.45, 2.75) is 11.4 Å². The van der Waals surface area contributed by atoms with Crippen LogP contribution in [-0.2, 0) is 21.4 Å². The van der Waals surface area contributed by atoms with Crippen LogP contribution in [0.15, 0.2) is 51.4 Å². The van der Waals surface area contributed by atoms with E-state index in [1.165, 1.54) is 30.5 Å². The van der Waals surface area contributed by atoms with Crippen LogP contribution < -0.4 is 5.32 Å². The molecule has 1 amide bonds. The van der Waals surface area contributed by atoms with E-state index >= 15 is 0 Å². The fourth-order valence-corrected chi connectivity index (χ4v) is 4.29. The number of halogens is 1. The van der Waals surface area contributed by atoms with Crippen molar-refractivity contribution in [2.24, 2.45) is 0 Å². The van der Waals surface area contributed by atoms with Crippen molar-refractivity contribution in [3.8, 4) is 0 Å². The van der Waals surface area contributed by atoms with E-state index in [-0.39, 0.29) is 23.9 Å². The number of hydrogen-bond acceptors (Lipinski definition) is 5. The van der Waals surface area contributed by atoms with Gasteiger partial charge in [0.15, 0.2) is 4.96 Å². The highest BCUT2D eigenvalue weighted by atomic mass is 79.9. The zero-order chi connectivity index (χ0) is 18.0. The molecule has 2 aromatic heterocycles. The second-order valence-electron chi connectivity index (χ2n) is 5.32. The van der Waals surface area contributed by atoms with Crippen molar-refractivity contribution < 1.29 is 13.2 Å². The van der Waals surface area contributed by atoms with Gasteiger partial charge in [-0.15, -0.1) is 11.3 Å². The maximum absolute atomic E-state index is 12.5. The number of thiazole rings is 1. The number of benzene rings is 1. The minimum Gasteiger partial charge on any atom is -0.349 e. The average Bonchev–Trinajstić information content (AvgIpc) is 3.14. The van der Waals surface area contributed by atoms with E-state index in [4.69, 9.17) is 0 Å². The van der Waals surface area contributed by atoms with Crippen LogP contribution >= 0.6 is 27.3 Å². The van der Waals surface area contributed by atoms with Gasteiger partial charge in [-0.05, 0) is 24.3 Å². The smallest absolute Gasteiger partial charge is 0.243 e. The fraction of sp³-hybridized carbons (Fsp3) is 0.200. The molecule has 0 saturated heterocycles. The van der Waals surface area contributed by atoms with Crippen LogP contribution in [0, 0.1) is 0 Å². The summed E-state index contributed by atoms with van der Waals surface area (Å²) in [6.07, 6.45) is 3.71. The predicted molar refractivity (Wildman–Crippen MR) is 98.9 cm³/mol. The molecule has 0 unspecified atom stereocenters. The van der Waals surface area contributed by atoms with Crippen molar-refractivity contribution in [1.29, 1.82) is 0 Å². The number of amides is 1. The number of hydrogen-bond donors (Lipinski definition) is 1. The predicted octanol–water partition coefficient (Wildman–Crippen LogP) is 2.10. The molecule has 0 radical (unpaired) electrons. The van der Waals surface area contributed by atoms with Crippen LogP contribution in [0.4, 0.5) is 0 Å². The Labute approximate surface area is 157 Å². The topological polar surface area (TPSA) is 83.8 Å². The van der Waals surface area contributed by atoms with Gasteiger partial charge < -0.3 is 5.32 Å². The van der Waals surface area contributed by atoms with Gasteiger partial charge in [-0.3, -0.25) is 9.20 Å². The number of fused-ring (bicyclic) bond motifs is 1. The molecule has 0 atom stereocenters. The third kappa shape index (κ3) is 4.09. The summed E-state index contributed by atoms with van der Waals surface area (Å²) in [7, 11) is -2.33. The standard InChI is InChI=1S/C15H15BrN4O3S2/c1-19(25(22,23)13-4-2-11(16)3-5-13)10-14(21)17-8-12-9-20-6-7-24-15(20)18-12/h2-7,9H,8,10H2,1H3,(H,17,21). The van der Waals surface area contributed by atoms with Crippen molar-refractivity contribution in [3.05, 3.63) is 52.2 Å². The third-order valence-corrected chi connectivity index (χ3v) is 6.61. The lowest BCUT2D eigenvalue weighted by atomic mass is 10.4. The Morgan fingerprint density at radius 2 is 2.08 bits per heavy atom. The number of likely N-dealkylation sites (N-methyl/N-ethyl adjacent to an activating group) is 1. The fourth-order valence-electron chi connectivity index (χ4n) is 2.18. The zero-order valence-corrected chi connectivity index (χ0v) is 16.4. The Kier molecular flexibility index (Phi) is 5.23. The first kappa shape index (κ1) is 18.1. The molecule has 3 rings (SSSR count). The number of nitrogens with one attached hydrogen (secondary N) is 1. The van der Waals surface area contributed by atoms with Crippen molar-refractivity contribution >= 4 is 48.2 Å². The van der Waals surface area contributed by atoms with Gasteiger partial charge in [0.05, 0.1) is 23.7 Å². The molecule has 132 valence electrons. The molecule has 1 aromatic carbocycles. The first-order valence-electron chi connectivity index (χ1n) is 7.26. The first-order chi connectivity index (χ1) is 11.9. The number of aromatic nitrogens is 2. The molecule has 7 nitrogen and oxygen atoms in total. The van der Waals surface area contributed by atoms with Crippen LogP contribution in [-0.4, -0.2) is 41.6 Å². The molecule has 2 heterocycles. The molecular weight excluding hydrogens is 428 g/mol. The van der Waals surface area contributed by atoms with Gasteiger partial charge in [-0.1, -0.05) is 15.9 Å². The van der Waals surface area contributed by atoms with Gasteiger partial charge in [0.2, 0.25) is 15.9 Å². The number of sulfonamides is 1. The van der Waals surface area contributed by atoms with E-state index in [1.807, 2.05) is 22.2 Å². The number of nitrogens with zero attached hydrogens (tertiary/aromatic N) is 3. The van der Waals surface area contributed by atoms with Crippen molar-refractivity contribution in [1.82, 2.24) is 19.0 Å². The summed E-state index contributed by atoms with van der Waals surface area (Å²) in [5.41, 5.74) is 0.721. The van der Waals surface area contributed by atoms with E-state index in [0.717, 1.165) is 19.4 Å². The number of imidazole rings is 1. The first-order valence-corrected chi connectivity index (χ1v) is 10.4. The molecular formula is C15H15BrN4O3S2. The van der Waals surface area contributed by atoms with Gasteiger partial charge >= 0.3 is 0 Å². The number of carbonyl (C=O) groups excluding carboxylic acids is 1. The average molecular weight is 443 g/mol. The molecule has 0 saturated carbocycles. The Bertz CT molecular complexity index is 967. The van der Waals surface area contributed by atoms with E-state index in [0.29, 0.717) is 0 Å². The molecule has 0 aliphatic rings. The summed E-state index contributed by atoms with van der Waals surface area (Å²) in [4.78, 5) is 17.4. The highest BCUT2D eigenvalue weighted by Gasteiger charge is 2.22. The third-order valence-electron chi connectivity index (χ3n) is 3.50. The summed E-state index contributed by atoms with van der Waals surface area (Å²) in [6.45, 7) is -0.0139. The van der Waals surface area contributed by atoms with Gasteiger partial charge in [-0.25, -0.2) is 13.4 Å². The molecule has 10 heteroatoms. The van der Waals surface area contributed by atoms with Crippen LogP contribution in [0.5, 0.6) is 0 Å². The molecule has 0 aliphatic carbocycles. The van der Waals surface area contributed by atoms with E-state index in [9.17, 15) is 13.2 Å². The minimum absolute atomic E-state index is 0.139. The van der Waals surface area contributed by atoms with Crippen LogP contribution in [0.25, 0.3) is 4.96 Å². The van der Waals surface area contributed by atoms with Gasteiger partial charge in [0.1, 0.15) is 0 Å². The molecule has 0 spiro atoms. The molecule has 0 aliphatic heterocycles. The molecule has 3 aromatic rings. The monoisotopic (exact) mass is 442 g/mol. The summed E-state index contributed by atoms with van der Waals surface area (Å²) in [6, 6.07) is 6.27. The van der Waals surface area contributed by atoms with Crippen LogP contribution in [0.1, 0.15) is 5.69 Å². The SMILES string of the molecule is CN(CC(=O)NCc1cn2ccsc2n1)S(=O)(=O)c1ccc(Br)cc1. The van der Waals surface area contributed by atoms with Crippen LogP contribution in [0.2, 0.25) is 0 Å². The lowest BCUT2D eigenvalue weighted by Gasteiger charge is -2.16. The molecule has 25 heavy (non-hydrogen) atoms. The largest absolute Gasteiger partial charge is 0.349 e.